The molecule has 0 radical (unpaired) electrons. The van der Waals surface area contributed by atoms with Crippen molar-refractivity contribution < 1.29 is 17.6 Å². The van der Waals surface area contributed by atoms with Crippen molar-refractivity contribution in [1.82, 2.24) is 4.72 Å². The van der Waals surface area contributed by atoms with Gasteiger partial charge in [-0.15, -0.1) is 0 Å². The highest BCUT2D eigenvalue weighted by Crippen LogP contribution is 2.25. The summed E-state index contributed by atoms with van der Waals surface area (Å²) >= 11 is 0. The van der Waals surface area contributed by atoms with Gasteiger partial charge in [-0.2, -0.15) is 4.72 Å². The molecule has 132 valence electrons. The van der Waals surface area contributed by atoms with Crippen LogP contribution in [0.5, 0.6) is 0 Å². The fourth-order valence-electron chi connectivity index (χ4n) is 2.83. The quantitative estimate of drug-likeness (QED) is 0.909. The van der Waals surface area contributed by atoms with E-state index in [1.165, 1.54) is 18.2 Å². The molecule has 25 heavy (non-hydrogen) atoms. The second-order valence-electron chi connectivity index (χ2n) is 6.18. The fraction of sp³-hybridized carbons (Fsp3) is 0.278. The Bertz CT molecular complexity index is 928. The summed E-state index contributed by atoms with van der Waals surface area (Å²) in [7, 11) is -3.96. The van der Waals surface area contributed by atoms with E-state index in [1.807, 2.05) is 32.0 Å². The summed E-state index contributed by atoms with van der Waals surface area (Å²) in [6, 6.07) is 9.57. The van der Waals surface area contributed by atoms with Crippen LogP contribution in [0.1, 0.15) is 17.5 Å². The molecule has 7 heteroatoms. The molecule has 0 spiro atoms. The van der Waals surface area contributed by atoms with Gasteiger partial charge in [-0.05, 0) is 61.7 Å². The maximum atomic E-state index is 13.3. The van der Waals surface area contributed by atoms with E-state index in [-0.39, 0.29) is 10.8 Å². The lowest BCUT2D eigenvalue weighted by atomic mass is 10.1. The number of sulfonamides is 1. The minimum Gasteiger partial charge on any atom is -0.311 e. The topological polar surface area (TPSA) is 66.5 Å². The van der Waals surface area contributed by atoms with Crippen LogP contribution in [0.25, 0.3) is 0 Å². The van der Waals surface area contributed by atoms with Crippen molar-refractivity contribution in [2.24, 2.45) is 0 Å². The zero-order valence-corrected chi connectivity index (χ0v) is 14.8. The summed E-state index contributed by atoms with van der Waals surface area (Å²) < 4.78 is 40.4. The molecule has 3 rings (SSSR count). The molecule has 0 aliphatic carbocycles. The lowest BCUT2D eigenvalue weighted by molar-refractivity contribution is -0.118. The molecule has 1 N–H and O–H groups in total. The molecule has 1 atom stereocenters. The number of hydrogen-bond acceptors (Lipinski definition) is 3. The number of nitrogens with one attached hydrogen (secondary N) is 1. The number of halogens is 1. The standard InChI is InChI=1S/C18H19FN2O3S/c1-12-6-7-15(10-13(12)2)21-9-8-17(18(21)22)20-25(23,24)16-5-3-4-14(19)11-16/h3-7,10-11,17,20H,8-9H2,1-2H3/t17-/m0/s1. The van der Waals surface area contributed by atoms with E-state index in [1.54, 1.807) is 4.90 Å². The Kier molecular flexibility index (Phi) is 4.62. The third-order valence-corrected chi connectivity index (χ3v) is 5.88. The van der Waals surface area contributed by atoms with Crippen molar-refractivity contribution in [2.45, 2.75) is 31.2 Å². The van der Waals surface area contributed by atoms with Crippen LogP contribution in [0, 0.1) is 19.7 Å². The molecule has 1 amide bonds. The number of aryl methyl sites for hydroxylation is 2. The fourth-order valence-corrected chi connectivity index (χ4v) is 4.08. The first-order chi connectivity index (χ1) is 11.8. The van der Waals surface area contributed by atoms with E-state index in [9.17, 15) is 17.6 Å². The Morgan fingerprint density at radius 3 is 2.56 bits per heavy atom. The highest BCUT2D eigenvalue weighted by Gasteiger charge is 2.35. The average Bonchev–Trinajstić information content (AvgIpc) is 2.90. The molecule has 1 fully saturated rings. The van der Waals surface area contributed by atoms with Gasteiger partial charge in [-0.25, -0.2) is 12.8 Å². The van der Waals surface area contributed by atoms with Crippen molar-refractivity contribution in [2.75, 3.05) is 11.4 Å². The summed E-state index contributed by atoms with van der Waals surface area (Å²) in [5, 5.41) is 0. The van der Waals surface area contributed by atoms with E-state index in [2.05, 4.69) is 4.72 Å². The third kappa shape index (κ3) is 3.57. The number of hydrogen-bond donors (Lipinski definition) is 1. The van der Waals surface area contributed by atoms with Crippen LogP contribution in [-0.4, -0.2) is 26.9 Å². The summed E-state index contributed by atoms with van der Waals surface area (Å²) in [4.78, 5) is 14.0. The molecule has 1 saturated heterocycles. The number of anilines is 1. The van der Waals surface area contributed by atoms with E-state index in [0.717, 1.165) is 22.9 Å². The van der Waals surface area contributed by atoms with E-state index in [0.29, 0.717) is 13.0 Å². The van der Waals surface area contributed by atoms with E-state index < -0.39 is 21.9 Å². The van der Waals surface area contributed by atoms with Gasteiger partial charge >= 0.3 is 0 Å². The molecule has 1 aliphatic heterocycles. The molecule has 0 bridgehead atoms. The molecule has 5 nitrogen and oxygen atoms in total. The molecule has 0 aromatic heterocycles. The molecule has 2 aromatic carbocycles. The first-order valence-corrected chi connectivity index (χ1v) is 9.43. The molecule has 1 heterocycles. The van der Waals surface area contributed by atoms with E-state index >= 15 is 0 Å². The SMILES string of the molecule is Cc1ccc(N2CC[C@H](NS(=O)(=O)c3cccc(F)c3)C2=O)cc1C. The van der Waals surface area contributed by atoms with Crippen LogP contribution in [0.2, 0.25) is 0 Å². The van der Waals surface area contributed by atoms with Crippen molar-refractivity contribution in [1.29, 1.82) is 0 Å². The molecular formula is C18H19FN2O3S. The van der Waals surface area contributed by atoms with Crippen molar-refractivity contribution in [3.05, 3.63) is 59.4 Å². The van der Waals surface area contributed by atoms with Gasteiger partial charge in [-0.3, -0.25) is 4.79 Å². The largest absolute Gasteiger partial charge is 0.311 e. The van der Waals surface area contributed by atoms with Crippen molar-refractivity contribution in [3.8, 4) is 0 Å². The molecule has 1 aliphatic rings. The van der Waals surface area contributed by atoms with E-state index in [4.69, 9.17) is 0 Å². The third-order valence-electron chi connectivity index (χ3n) is 4.41. The van der Waals surface area contributed by atoms with Gasteiger partial charge in [0.15, 0.2) is 0 Å². The zero-order chi connectivity index (χ0) is 18.2. The van der Waals surface area contributed by atoms with Crippen molar-refractivity contribution in [3.63, 3.8) is 0 Å². The molecule has 0 unspecified atom stereocenters. The van der Waals surface area contributed by atoms with Crippen LogP contribution in [0.3, 0.4) is 0 Å². The van der Waals surface area contributed by atoms with Crippen LogP contribution < -0.4 is 9.62 Å². The van der Waals surface area contributed by atoms with Crippen LogP contribution in [0.4, 0.5) is 10.1 Å². The highest BCUT2D eigenvalue weighted by atomic mass is 32.2. The average molecular weight is 362 g/mol. The number of rotatable bonds is 4. The predicted molar refractivity (Wildman–Crippen MR) is 93.4 cm³/mol. The van der Waals surface area contributed by atoms with Gasteiger partial charge in [0.2, 0.25) is 15.9 Å². The minimum absolute atomic E-state index is 0.190. The number of carbonyl (C=O) groups is 1. The summed E-state index contributed by atoms with van der Waals surface area (Å²) in [5.41, 5.74) is 2.94. The first kappa shape index (κ1) is 17.6. The lowest BCUT2D eigenvalue weighted by Crippen LogP contribution is -2.41. The summed E-state index contributed by atoms with van der Waals surface area (Å²) in [6.07, 6.45) is 0.361. The van der Waals surface area contributed by atoms with Gasteiger partial charge < -0.3 is 4.90 Å². The number of nitrogens with zero attached hydrogens (tertiary/aromatic N) is 1. The van der Waals surface area contributed by atoms with Gasteiger partial charge in [0.25, 0.3) is 0 Å². The summed E-state index contributed by atoms with van der Waals surface area (Å²) in [5.74, 6) is -0.944. The Morgan fingerprint density at radius 1 is 1.12 bits per heavy atom. The van der Waals surface area contributed by atoms with Gasteiger partial charge in [0.05, 0.1) is 4.90 Å². The van der Waals surface area contributed by atoms with Gasteiger partial charge in [0, 0.05) is 12.2 Å². The predicted octanol–water partition coefficient (Wildman–Crippen LogP) is 2.53. The molecular weight excluding hydrogens is 343 g/mol. The molecule has 2 aromatic rings. The van der Waals surface area contributed by atoms with Gasteiger partial charge in [0.1, 0.15) is 11.9 Å². The smallest absolute Gasteiger partial charge is 0.245 e. The Morgan fingerprint density at radius 2 is 1.88 bits per heavy atom. The first-order valence-electron chi connectivity index (χ1n) is 7.94. The lowest BCUT2D eigenvalue weighted by Gasteiger charge is -2.18. The van der Waals surface area contributed by atoms with Crippen LogP contribution in [0.15, 0.2) is 47.4 Å². The maximum Gasteiger partial charge on any atom is 0.245 e. The maximum absolute atomic E-state index is 13.3. The van der Waals surface area contributed by atoms with Crippen LogP contribution >= 0.6 is 0 Å². The minimum atomic E-state index is -3.96. The Hall–Kier alpha value is -2.25. The Balaban J connectivity index is 1.79. The van der Waals surface area contributed by atoms with Crippen LogP contribution in [-0.2, 0) is 14.8 Å². The molecule has 0 saturated carbocycles. The normalized spacial score (nSPS) is 18.0. The number of carbonyl (C=O) groups excluding carboxylic acids is 1. The second-order valence-corrected chi connectivity index (χ2v) is 7.89. The number of amides is 1. The second kappa shape index (κ2) is 6.57. The highest BCUT2D eigenvalue weighted by molar-refractivity contribution is 7.89. The summed E-state index contributed by atoms with van der Waals surface area (Å²) in [6.45, 7) is 4.38. The van der Waals surface area contributed by atoms with Gasteiger partial charge in [-0.1, -0.05) is 12.1 Å². The number of benzene rings is 2. The monoisotopic (exact) mass is 362 g/mol. The van der Waals surface area contributed by atoms with Crippen molar-refractivity contribution >= 4 is 21.6 Å². The zero-order valence-electron chi connectivity index (χ0n) is 14.0. The Labute approximate surface area is 146 Å².